The first kappa shape index (κ1) is 17.8. The van der Waals surface area contributed by atoms with Crippen LogP contribution in [-0.4, -0.2) is 49.5 Å². The number of unbranched alkanes of at least 4 members (excludes halogenated alkanes) is 3. The van der Waals surface area contributed by atoms with Crippen LogP contribution in [0.2, 0.25) is 0 Å². The summed E-state index contributed by atoms with van der Waals surface area (Å²) in [6.45, 7) is 3.83. The van der Waals surface area contributed by atoms with Crippen molar-refractivity contribution in [1.29, 1.82) is 0 Å². The molecular formula is C12H26FNO3S. The zero-order valence-electron chi connectivity index (χ0n) is 11.4. The number of hydrogen-bond acceptors (Lipinski definition) is 3. The van der Waals surface area contributed by atoms with Gasteiger partial charge in [-0.15, -0.1) is 0 Å². The van der Waals surface area contributed by atoms with Crippen molar-refractivity contribution in [3.05, 3.63) is 0 Å². The minimum atomic E-state index is -3.58. The standard InChI is InChI=1S/C12H26FNO3S/c1-3-5-6-7-8-12(13)11-18(16,17)14(4-2)9-10-15/h12,15H,3-11H2,1-2H3. The van der Waals surface area contributed by atoms with Gasteiger partial charge in [-0.05, 0) is 6.42 Å². The van der Waals surface area contributed by atoms with Crippen molar-refractivity contribution in [2.45, 2.75) is 52.1 Å². The SMILES string of the molecule is CCCCCCC(F)CS(=O)(=O)N(CC)CCO. The summed E-state index contributed by atoms with van der Waals surface area (Å²) < 4.78 is 38.4. The van der Waals surface area contributed by atoms with Gasteiger partial charge >= 0.3 is 0 Å². The van der Waals surface area contributed by atoms with Gasteiger partial charge < -0.3 is 5.11 Å². The van der Waals surface area contributed by atoms with E-state index in [1.165, 1.54) is 0 Å². The molecule has 1 atom stereocenters. The van der Waals surface area contributed by atoms with E-state index in [0.29, 0.717) is 6.42 Å². The minimum Gasteiger partial charge on any atom is -0.395 e. The Hall–Kier alpha value is -0.200. The molecule has 0 aliphatic rings. The molecule has 0 bridgehead atoms. The molecule has 0 heterocycles. The number of sulfonamides is 1. The van der Waals surface area contributed by atoms with Crippen LogP contribution in [0.25, 0.3) is 0 Å². The van der Waals surface area contributed by atoms with E-state index in [9.17, 15) is 12.8 Å². The Morgan fingerprint density at radius 2 is 1.89 bits per heavy atom. The lowest BCUT2D eigenvalue weighted by Crippen LogP contribution is -2.37. The summed E-state index contributed by atoms with van der Waals surface area (Å²) in [6.07, 6.45) is 2.82. The topological polar surface area (TPSA) is 57.6 Å². The number of likely N-dealkylation sites (N-methyl/N-ethyl adjacent to an activating group) is 1. The van der Waals surface area contributed by atoms with Crippen molar-refractivity contribution < 1.29 is 17.9 Å². The van der Waals surface area contributed by atoms with Crippen molar-refractivity contribution >= 4 is 10.0 Å². The van der Waals surface area contributed by atoms with Crippen LogP contribution in [0.5, 0.6) is 0 Å². The van der Waals surface area contributed by atoms with Crippen molar-refractivity contribution in [3.8, 4) is 0 Å². The molecule has 0 amide bonds. The van der Waals surface area contributed by atoms with E-state index >= 15 is 0 Å². The minimum absolute atomic E-state index is 0.0430. The first-order chi connectivity index (χ1) is 8.47. The first-order valence-electron chi connectivity index (χ1n) is 6.70. The van der Waals surface area contributed by atoms with Crippen LogP contribution in [-0.2, 0) is 10.0 Å². The van der Waals surface area contributed by atoms with Crippen LogP contribution in [0.3, 0.4) is 0 Å². The average Bonchev–Trinajstić information content (AvgIpc) is 2.30. The van der Waals surface area contributed by atoms with Gasteiger partial charge in [0.05, 0.1) is 12.4 Å². The van der Waals surface area contributed by atoms with Gasteiger partial charge in [0, 0.05) is 13.1 Å². The highest BCUT2D eigenvalue weighted by molar-refractivity contribution is 7.89. The Bertz CT molecular complexity index is 296. The Balaban J connectivity index is 4.13. The number of aliphatic hydroxyl groups excluding tert-OH is 1. The van der Waals surface area contributed by atoms with E-state index in [1.54, 1.807) is 6.92 Å². The van der Waals surface area contributed by atoms with Crippen molar-refractivity contribution in [2.24, 2.45) is 0 Å². The molecule has 110 valence electrons. The number of halogens is 1. The fraction of sp³-hybridized carbons (Fsp3) is 1.00. The average molecular weight is 283 g/mol. The van der Waals surface area contributed by atoms with Crippen LogP contribution < -0.4 is 0 Å². The largest absolute Gasteiger partial charge is 0.395 e. The molecule has 0 aromatic heterocycles. The lowest BCUT2D eigenvalue weighted by Gasteiger charge is -2.20. The zero-order valence-corrected chi connectivity index (χ0v) is 12.3. The van der Waals surface area contributed by atoms with E-state index < -0.39 is 21.9 Å². The molecular weight excluding hydrogens is 257 g/mol. The normalized spacial score (nSPS) is 14.1. The van der Waals surface area contributed by atoms with E-state index in [2.05, 4.69) is 6.92 Å². The maximum absolute atomic E-state index is 13.6. The third-order valence-corrected chi connectivity index (χ3v) is 4.87. The predicted molar refractivity (Wildman–Crippen MR) is 71.8 cm³/mol. The van der Waals surface area contributed by atoms with Gasteiger partial charge in [-0.3, -0.25) is 0 Å². The molecule has 0 rings (SSSR count). The molecule has 18 heavy (non-hydrogen) atoms. The monoisotopic (exact) mass is 283 g/mol. The molecule has 1 unspecified atom stereocenters. The summed E-state index contributed by atoms with van der Waals surface area (Å²) in [5.41, 5.74) is 0. The smallest absolute Gasteiger partial charge is 0.217 e. The Morgan fingerprint density at radius 1 is 1.22 bits per heavy atom. The third-order valence-electron chi connectivity index (χ3n) is 2.86. The second-order valence-corrected chi connectivity index (χ2v) is 6.45. The van der Waals surface area contributed by atoms with Crippen molar-refractivity contribution in [2.75, 3.05) is 25.4 Å². The summed E-state index contributed by atoms with van der Waals surface area (Å²) in [5, 5.41) is 8.77. The maximum Gasteiger partial charge on any atom is 0.217 e. The van der Waals surface area contributed by atoms with Crippen LogP contribution in [0.4, 0.5) is 4.39 Å². The molecule has 0 spiro atoms. The maximum atomic E-state index is 13.6. The molecule has 0 radical (unpaired) electrons. The van der Waals surface area contributed by atoms with Gasteiger partial charge in [0.15, 0.2) is 0 Å². The van der Waals surface area contributed by atoms with Gasteiger partial charge in [0.25, 0.3) is 0 Å². The third kappa shape index (κ3) is 7.28. The van der Waals surface area contributed by atoms with Gasteiger partial charge in [0.2, 0.25) is 10.0 Å². The highest BCUT2D eigenvalue weighted by Crippen LogP contribution is 2.12. The highest BCUT2D eigenvalue weighted by Gasteiger charge is 2.24. The number of alkyl halides is 1. The zero-order chi connectivity index (χ0) is 14.0. The number of hydrogen-bond donors (Lipinski definition) is 1. The Labute approximate surface area is 110 Å². The molecule has 4 nitrogen and oxygen atoms in total. The van der Waals surface area contributed by atoms with E-state index in [0.717, 1.165) is 30.0 Å². The predicted octanol–water partition coefficient (Wildman–Crippen LogP) is 1.94. The Kier molecular flexibility index (Phi) is 9.59. The molecule has 0 aliphatic carbocycles. The second-order valence-electron chi connectivity index (χ2n) is 4.44. The van der Waals surface area contributed by atoms with Crippen molar-refractivity contribution in [1.82, 2.24) is 4.31 Å². The summed E-state index contributed by atoms with van der Waals surface area (Å²) >= 11 is 0. The van der Waals surface area contributed by atoms with Gasteiger partial charge in [0.1, 0.15) is 6.17 Å². The van der Waals surface area contributed by atoms with E-state index in [4.69, 9.17) is 5.11 Å². The highest BCUT2D eigenvalue weighted by atomic mass is 32.2. The molecule has 0 fully saturated rings. The number of rotatable bonds is 11. The molecule has 0 aromatic rings. The molecule has 0 saturated heterocycles. The van der Waals surface area contributed by atoms with E-state index in [1.807, 2.05) is 0 Å². The lowest BCUT2D eigenvalue weighted by molar-refractivity contribution is 0.254. The molecule has 6 heteroatoms. The number of nitrogens with zero attached hydrogens (tertiary/aromatic N) is 1. The fourth-order valence-electron chi connectivity index (χ4n) is 1.82. The summed E-state index contributed by atoms with van der Waals surface area (Å²) in [5.74, 6) is -0.465. The van der Waals surface area contributed by atoms with Gasteiger partial charge in [-0.2, -0.15) is 4.31 Å². The molecule has 0 saturated carbocycles. The van der Waals surface area contributed by atoms with Crippen molar-refractivity contribution in [3.63, 3.8) is 0 Å². The summed E-state index contributed by atoms with van der Waals surface area (Å²) in [4.78, 5) is 0. The van der Waals surface area contributed by atoms with Crippen LogP contribution >= 0.6 is 0 Å². The van der Waals surface area contributed by atoms with Crippen LogP contribution in [0, 0.1) is 0 Å². The first-order valence-corrected chi connectivity index (χ1v) is 8.31. The van der Waals surface area contributed by atoms with Crippen LogP contribution in [0.1, 0.15) is 46.0 Å². The molecule has 0 aliphatic heterocycles. The van der Waals surface area contributed by atoms with Gasteiger partial charge in [-0.25, -0.2) is 12.8 Å². The van der Waals surface area contributed by atoms with E-state index in [-0.39, 0.29) is 19.7 Å². The second kappa shape index (κ2) is 9.69. The Morgan fingerprint density at radius 3 is 2.39 bits per heavy atom. The molecule has 0 aromatic carbocycles. The number of aliphatic hydroxyl groups is 1. The van der Waals surface area contributed by atoms with Crippen LogP contribution in [0.15, 0.2) is 0 Å². The molecule has 1 N–H and O–H groups in total. The fourth-order valence-corrected chi connectivity index (χ4v) is 3.40. The van der Waals surface area contributed by atoms with Gasteiger partial charge in [-0.1, -0.05) is 39.5 Å². The lowest BCUT2D eigenvalue weighted by atomic mass is 10.1. The quantitative estimate of drug-likeness (QED) is 0.590. The summed E-state index contributed by atoms with van der Waals surface area (Å²) in [7, 11) is -3.58. The summed E-state index contributed by atoms with van der Waals surface area (Å²) in [6, 6.07) is 0.